The van der Waals surface area contributed by atoms with E-state index in [0.717, 1.165) is 17.7 Å². The van der Waals surface area contributed by atoms with Crippen LogP contribution in [0.5, 0.6) is 0 Å². The van der Waals surface area contributed by atoms with Gasteiger partial charge in [0.25, 0.3) is 5.91 Å². The third-order valence-corrected chi connectivity index (χ3v) is 4.23. The topological polar surface area (TPSA) is 20.3 Å². The minimum absolute atomic E-state index is 0.215. The monoisotopic (exact) mass is 259 g/mol. The lowest BCUT2D eigenvalue weighted by Crippen LogP contribution is -2.41. The molecule has 0 aromatic heterocycles. The van der Waals surface area contributed by atoms with Crippen molar-refractivity contribution in [2.45, 2.75) is 58.9 Å². The van der Waals surface area contributed by atoms with Crippen LogP contribution in [0.3, 0.4) is 0 Å². The number of amides is 1. The maximum absolute atomic E-state index is 12.7. The zero-order valence-corrected chi connectivity index (χ0v) is 12.4. The Hall–Kier alpha value is -1.31. The predicted molar refractivity (Wildman–Crippen MR) is 79.5 cm³/mol. The van der Waals surface area contributed by atoms with Crippen LogP contribution in [0.15, 0.2) is 18.2 Å². The van der Waals surface area contributed by atoms with Gasteiger partial charge in [0.05, 0.1) is 0 Å². The first-order valence-corrected chi connectivity index (χ1v) is 7.51. The van der Waals surface area contributed by atoms with Crippen LogP contribution in [0.1, 0.15) is 60.5 Å². The fraction of sp³-hybridized carbons (Fsp3) is 0.588. The van der Waals surface area contributed by atoms with E-state index in [0.29, 0.717) is 6.04 Å². The first-order valence-electron chi connectivity index (χ1n) is 7.51. The predicted octanol–water partition coefficient (Wildman–Crippen LogP) is 4.10. The van der Waals surface area contributed by atoms with Gasteiger partial charge in [0, 0.05) is 18.2 Å². The highest BCUT2D eigenvalue weighted by Gasteiger charge is 2.25. The molecule has 1 amide bonds. The van der Waals surface area contributed by atoms with Gasteiger partial charge in [-0.15, -0.1) is 0 Å². The standard InChI is InChI=1S/C17H25NO/c1-4-18(15-8-6-5-7-9-15)17(19)16-11-10-13(2)12-14(16)3/h10-12,15H,4-9H2,1-3H3. The zero-order valence-electron chi connectivity index (χ0n) is 12.4. The molecule has 0 atom stereocenters. The lowest BCUT2D eigenvalue weighted by atomic mass is 9.93. The Morgan fingerprint density at radius 1 is 1.21 bits per heavy atom. The van der Waals surface area contributed by atoms with Gasteiger partial charge in [-0.25, -0.2) is 0 Å². The van der Waals surface area contributed by atoms with Gasteiger partial charge in [0.15, 0.2) is 0 Å². The Bertz CT molecular complexity index is 447. The van der Waals surface area contributed by atoms with Crippen molar-refractivity contribution in [1.29, 1.82) is 0 Å². The fourth-order valence-electron chi connectivity index (χ4n) is 3.17. The van der Waals surface area contributed by atoms with Crippen LogP contribution in [-0.2, 0) is 0 Å². The van der Waals surface area contributed by atoms with Gasteiger partial charge < -0.3 is 4.90 Å². The summed E-state index contributed by atoms with van der Waals surface area (Å²) in [5, 5.41) is 0. The van der Waals surface area contributed by atoms with Crippen LogP contribution in [0, 0.1) is 13.8 Å². The zero-order chi connectivity index (χ0) is 13.8. The second-order valence-electron chi connectivity index (χ2n) is 5.70. The average Bonchev–Trinajstić information content (AvgIpc) is 2.40. The molecule has 0 radical (unpaired) electrons. The van der Waals surface area contributed by atoms with Gasteiger partial charge in [0.1, 0.15) is 0 Å². The number of rotatable bonds is 3. The molecule has 2 nitrogen and oxygen atoms in total. The molecular weight excluding hydrogens is 234 g/mol. The minimum Gasteiger partial charge on any atom is -0.336 e. The molecule has 0 heterocycles. The molecule has 0 bridgehead atoms. The summed E-state index contributed by atoms with van der Waals surface area (Å²) in [7, 11) is 0. The number of aryl methyl sites for hydroxylation is 2. The Labute approximate surface area is 116 Å². The Morgan fingerprint density at radius 2 is 1.89 bits per heavy atom. The first kappa shape index (κ1) is 14.1. The second kappa shape index (κ2) is 6.23. The summed E-state index contributed by atoms with van der Waals surface area (Å²) in [6.07, 6.45) is 6.20. The van der Waals surface area contributed by atoms with Gasteiger partial charge in [-0.05, 0) is 45.2 Å². The van der Waals surface area contributed by atoms with Crippen molar-refractivity contribution in [2.24, 2.45) is 0 Å². The number of benzene rings is 1. The Balaban J connectivity index is 2.19. The third-order valence-electron chi connectivity index (χ3n) is 4.23. The summed E-state index contributed by atoms with van der Waals surface area (Å²) in [6, 6.07) is 6.57. The highest BCUT2D eigenvalue weighted by Crippen LogP contribution is 2.24. The normalized spacial score (nSPS) is 16.4. The Morgan fingerprint density at radius 3 is 2.47 bits per heavy atom. The molecule has 1 aromatic rings. The van der Waals surface area contributed by atoms with Crippen LogP contribution in [0.25, 0.3) is 0 Å². The van der Waals surface area contributed by atoms with E-state index in [1.54, 1.807) is 0 Å². The molecule has 1 aliphatic rings. The molecule has 1 saturated carbocycles. The number of carbonyl (C=O) groups excluding carboxylic acids is 1. The van der Waals surface area contributed by atoms with Gasteiger partial charge in [-0.1, -0.05) is 37.0 Å². The van der Waals surface area contributed by atoms with E-state index in [4.69, 9.17) is 0 Å². The average molecular weight is 259 g/mol. The van der Waals surface area contributed by atoms with Gasteiger partial charge in [0.2, 0.25) is 0 Å². The smallest absolute Gasteiger partial charge is 0.254 e. The molecule has 1 aliphatic carbocycles. The van der Waals surface area contributed by atoms with Crippen molar-refractivity contribution in [1.82, 2.24) is 4.90 Å². The molecule has 0 N–H and O–H groups in total. The first-order chi connectivity index (χ1) is 9.13. The highest BCUT2D eigenvalue weighted by molar-refractivity contribution is 5.95. The quantitative estimate of drug-likeness (QED) is 0.800. The lowest BCUT2D eigenvalue weighted by Gasteiger charge is -2.34. The van der Waals surface area contributed by atoms with Crippen LogP contribution in [0.2, 0.25) is 0 Å². The molecule has 1 aromatic carbocycles. The lowest BCUT2D eigenvalue weighted by molar-refractivity contribution is 0.0647. The summed E-state index contributed by atoms with van der Waals surface area (Å²) in [5.74, 6) is 0.215. The summed E-state index contributed by atoms with van der Waals surface area (Å²) >= 11 is 0. The fourth-order valence-corrected chi connectivity index (χ4v) is 3.17. The van der Waals surface area contributed by atoms with E-state index in [1.165, 1.54) is 37.7 Å². The minimum atomic E-state index is 0.215. The molecule has 0 spiro atoms. The van der Waals surface area contributed by atoms with E-state index < -0.39 is 0 Å². The van der Waals surface area contributed by atoms with Crippen molar-refractivity contribution in [2.75, 3.05) is 6.54 Å². The number of nitrogens with zero attached hydrogens (tertiary/aromatic N) is 1. The Kier molecular flexibility index (Phi) is 4.62. The maximum Gasteiger partial charge on any atom is 0.254 e. The van der Waals surface area contributed by atoms with Crippen molar-refractivity contribution in [3.8, 4) is 0 Å². The van der Waals surface area contributed by atoms with Crippen LogP contribution in [-0.4, -0.2) is 23.4 Å². The van der Waals surface area contributed by atoms with Crippen molar-refractivity contribution in [3.05, 3.63) is 34.9 Å². The number of carbonyl (C=O) groups is 1. The van der Waals surface area contributed by atoms with Crippen molar-refractivity contribution in [3.63, 3.8) is 0 Å². The largest absolute Gasteiger partial charge is 0.336 e. The van der Waals surface area contributed by atoms with E-state index in [9.17, 15) is 4.79 Å². The molecule has 2 rings (SSSR count). The SMILES string of the molecule is CCN(C(=O)c1ccc(C)cc1C)C1CCCCC1. The summed E-state index contributed by atoms with van der Waals surface area (Å²) in [4.78, 5) is 14.8. The summed E-state index contributed by atoms with van der Waals surface area (Å²) < 4.78 is 0. The molecule has 19 heavy (non-hydrogen) atoms. The van der Waals surface area contributed by atoms with E-state index in [-0.39, 0.29) is 5.91 Å². The summed E-state index contributed by atoms with van der Waals surface area (Å²) in [6.45, 7) is 7.02. The molecular formula is C17H25NO. The van der Waals surface area contributed by atoms with Crippen LogP contribution < -0.4 is 0 Å². The third kappa shape index (κ3) is 3.17. The van der Waals surface area contributed by atoms with E-state index in [1.807, 2.05) is 19.1 Å². The van der Waals surface area contributed by atoms with Crippen molar-refractivity contribution < 1.29 is 4.79 Å². The van der Waals surface area contributed by atoms with Crippen molar-refractivity contribution >= 4 is 5.91 Å². The second-order valence-corrected chi connectivity index (χ2v) is 5.70. The van der Waals surface area contributed by atoms with Crippen LogP contribution in [0.4, 0.5) is 0 Å². The summed E-state index contributed by atoms with van der Waals surface area (Å²) in [5.41, 5.74) is 3.19. The van der Waals surface area contributed by atoms with Gasteiger partial charge in [-0.3, -0.25) is 4.79 Å². The maximum atomic E-state index is 12.7. The van der Waals surface area contributed by atoms with E-state index >= 15 is 0 Å². The molecule has 0 unspecified atom stereocenters. The molecule has 0 saturated heterocycles. The highest BCUT2D eigenvalue weighted by atomic mass is 16.2. The van der Waals surface area contributed by atoms with Gasteiger partial charge >= 0.3 is 0 Å². The molecule has 1 fully saturated rings. The number of hydrogen-bond donors (Lipinski definition) is 0. The van der Waals surface area contributed by atoms with Crippen LogP contribution >= 0.6 is 0 Å². The molecule has 0 aliphatic heterocycles. The molecule has 104 valence electrons. The molecule has 2 heteroatoms. The van der Waals surface area contributed by atoms with Gasteiger partial charge in [-0.2, -0.15) is 0 Å². The number of hydrogen-bond acceptors (Lipinski definition) is 1. The van der Waals surface area contributed by atoms with E-state index in [2.05, 4.69) is 24.8 Å².